The molecule has 2 N–H and O–H groups in total. The third kappa shape index (κ3) is 4.72. The molecule has 0 aliphatic carbocycles. The predicted octanol–water partition coefficient (Wildman–Crippen LogP) is 3.10. The van der Waals surface area contributed by atoms with Gasteiger partial charge in [-0.15, -0.1) is 0 Å². The van der Waals surface area contributed by atoms with Gasteiger partial charge >= 0.3 is 0 Å². The maximum Gasteiger partial charge on any atom is 0.191 e. The van der Waals surface area contributed by atoms with Crippen LogP contribution >= 0.6 is 15.9 Å². The zero-order valence-corrected chi connectivity index (χ0v) is 16.3. The number of aliphatic imine (C=N–C) groups is 1. The van der Waals surface area contributed by atoms with E-state index in [4.69, 9.17) is 0 Å². The van der Waals surface area contributed by atoms with E-state index >= 15 is 0 Å². The predicted molar refractivity (Wildman–Crippen MR) is 107 cm³/mol. The summed E-state index contributed by atoms with van der Waals surface area (Å²) in [7, 11) is 1.81. The molecule has 0 radical (unpaired) electrons. The molecule has 6 heteroatoms. The lowest BCUT2D eigenvalue weighted by Gasteiger charge is -2.20. The number of aryl methyl sites for hydroxylation is 1. The van der Waals surface area contributed by atoms with Crippen LogP contribution in [0, 0.1) is 6.92 Å². The molecule has 1 atom stereocenters. The normalized spacial score (nSPS) is 17.6. The molecule has 0 bridgehead atoms. The second kappa shape index (κ2) is 8.34. The van der Waals surface area contributed by atoms with Gasteiger partial charge in [-0.3, -0.25) is 9.98 Å². The number of guanidine groups is 1. The Bertz CT molecular complexity index is 729. The lowest BCUT2D eigenvalue weighted by molar-refractivity contribution is 0.647. The summed E-state index contributed by atoms with van der Waals surface area (Å²) in [5.41, 5.74) is 3.50. The Morgan fingerprint density at radius 2 is 2.12 bits per heavy atom. The van der Waals surface area contributed by atoms with E-state index in [2.05, 4.69) is 78.7 Å². The van der Waals surface area contributed by atoms with Crippen molar-refractivity contribution in [2.75, 3.05) is 25.0 Å². The molecule has 25 heavy (non-hydrogen) atoms. The molecule has 1 aliphatic heterocycles. The minimum absolute atomic E-state index is 0.389. The number of rotatable bonds is 4. The average molecular weight is 402 g/mol. The van der Waals surface area contributed by atoms with Gasteiger partial charge in [0.15, 0.2) is 5.96 Å². The zero-order chi connectivity index (χ0) is 17.6. The summed E-state index contributed by atoms with van der Waals surface area (Å²) in [6.45, 7) is 4.78. The van der Waals surface area contributed by atoms with Crippen LogP contribution in [0.1, 0.15) is 17.7 Å². The largest absolute Gasteiger partial charge is 0.369 e. The number of aromatic nitrogens is 1. The number of nitrogens with one attached hydrogen (secondary N) is 2. The Morgan fingerprint density at radius 1 is 1.32 bits per heavy atom. The summed E-state index contributed by atoms with van der Waals surface area (Å²) in [5, 5.41) is 6.89. The van der Waals surface area contributed by atoms with Crippen LogP contribution in [-0.2, 0) is 6.54 Å². The van der Waals surface area contributed by atoms with Gasteiger partial charge < -0.3 is 15.5 Å². The third-order valence-corrected chi connectivity index (χ3v) is 5.01. The summed E-state index contributed by atoms with van der Waals surface area (Å²) in [4.78, 5) is 11.2. The van der Waals surface area contributed by atoms with Gasteiger partial charge in [-0.05, 0) is 49.2 Å². The number of pyridine rings is 1. The first-order valence-corrected chi connectivity index (χ1v) is 9.33. The van der Waals surface area contributed by atoms with Crippen molar-refractivity contribution in [1.29, 1.82) is 0 Å². The minimum atomic E-state index is 0.389. The number of halogens is 1. The fourth-order valence-electron chi connectivity index (χ4n) is 3.02. The van der Waals surface area contributed by atoms with Crippen molar-refractivity contribution in [3.8, 4) is 0 Å². The molecule has 2 aromatic rings. The van der Waals surface area contributed by atoms with Gasteiger partial charge in [0.1, 0.15) is 0 Å². The van der Waals surface area contributed by atoms with E-state index in [0.29, 0.717) is 12.6 Å². The van der Waals surface area contributed by atoms with E-state index in [0.717, 1.165) is 35.6 Å². The minimum Gasteiger partial charge on any atom is -0.369 e. The van der Waals surface area contributed by atoms with E-state index in [-0.39, 0.29) is 0 Å². The molecule has 0 amide bonds. The molecule has 2 heterocycles. The Morgan fingerprint density at radius 3 is 2.84 bits per heavy atom. The first kappa shape index (κ1) is 17.7. The third-order valence-electron chi connectivity index (χ3n) is 4.49. The van der Waals surface area contributed by atoms with Crippen molar-refractivity contribution >= 4 is 27.6 Å². The van der Waals surface area contributed by atoms with E-state index in [1.165, 1.54) is 11.3 Å². The molecule has 1 aromatic carbocycles. The van der Waals surface area contributed by atoms with Crippen LogP contribution in [0.4, 0.5) is 5.69 Å². The highest BCUT2D eigenvalue weighted by Crippen LogP contribution is 2.22. The van der Waals surface area contributed by atoms with Crippen LogP contribution in [0.5, 0.6) is 0 Å². The van der Waals surface area contributed by atoms with Crippen molar-refractivity contribution < 1.29 is 0 Å². The van der Waals surface area contributed by atoms with Crippen LogP contribution in [-0.4, -0.2) is 37.1 Å². The second-order valence-electron chi connectivity index (χ2n) is 6.25. The van der Waals surface area contributed by atoms with Gasteiger partial charge in [0, 0.05) is 42.5 Å². The van der Waals surface area contributed by atoms with Crippen LogP contribution in [0.25, 0.3) is 0 Å². The molecule has 132 valence electrons. The van der Waals surface area contributed by atoms with Gasteiger partial charge in [-0.1, -0.05) is 22.0 Å². The smallest absolute Gasteiger partial charge is 0.191 e. The van der Waals surface area contributed by atoms with Crippen LogP contribution in [0.2, 0.25) is 0 Å². The Labute approximate surface area is 157 Å². The highest BCUT2D eigenvalue weighted by Gasteiger charge is 2.23. The maximum atomic E-state index is 4.42. The maximum absolute atomic E-state index is 4.42. The Balaban J connectivity index is 1.53. The summed E-state index contributed by atoms with van der Waals surface area (Å²) < 4.78 is 1.11. The van der Waals surface area contributed by atoms with Crippen molar-refractivity contribution in [2.24, 2.45) is 4.99 Å². The summed E-state index contributed by atoms with van der Waals surface area (Å²) in [6.07, 6.45) is 2.92. The monoisotopic (exact) mass is 401 g/mol. The quantitative estimate of drug-likeness (QED) is 0.610. The molecular formula is C19H24BrN5. The van der Waals surface area contributed by atoms with Crippen molar-refractivity contribution in [2.45, 2.75) is 25.9 Å². The van der Waals surface area contributed by atoms with E-state index in [9.17, 15) is 0 Å². The van der Waals surface area contributed by atoms with Crippen LogP contribution in [0.3, 0.4) is 0 Å². The van der Waals surface area contributed by atoms with Gasteiger partial charge in [-0.25, -0.2) is 0 Å². The van der Waals surface area contributed by atoms with E-state index in [1.54, 1.807) is 0 Å². The van der Waals surface area contributed by atoms with E-state index in [1.807, 2.05) is 19.3 Å². The molecule has 1 saturated heterocycles. The molecule has 1 fully saturated rings. The molecule has 1 unspecified atom stereocenters. The van der Waals surface area contributed by atoms with Crippen molar-refractivity contribution in [3.05, 3.63) is 58.3 Å². The van der Waals surface area contributed by atoms with Crippen molar-refractivity contribution in [3.63, 3.8) is 0 Å². The molecule has 3 rings (SSSR count). The first-order valence-electron chi connectivity index (χ1n) is 8.54. The number of anilines is 1. The molecule has 1 aliphatic rings. The van der Waals surface area contributed by atoms with Gasteiger partial charge in [0.05, 0.1) is 12.2 Å². The van der Waals surface area contributed by atoms with Gasteiger partial charge in [0.2, 0.25) is 0 Å². The summed E-state index contributed by atoms with van der Waals surface area (Å²) >= 11 is 3.49. The van der Waals surface area contributed by atoms with Crippen molar-refractivity contribution in [1.82, 2.24) is 15.6 Å². The number of nitrogens with zero attached hydrogens (tertiary/aromatic N) is 3. The topological polar surface area (TPSA) is 52.6 Å². The SMILES string of the molecule is CN=C(NCc1ncccc1C)NC1CCN(c2ccc(Br)cc2)C1. The fraction of sp³-hybridized carbons (Fsp3) is 0.368. The fourth-order valence-corrected chi connectivity index (χ4v) is 3.29. The standard InChI is InChI=1S/C19H24BrN5/c1-14-4-3-10-22-18(14)12-23-19(21-2)24-16-9-11-25(13-16)17-7-5-15(20)6-8-17/h3-8,10,16H,9,11-13H2,1-2H3,(H2,21,23,24). The average Bonchev–Trinajstić information content (AvgIpc) is 3.09. The first-order chi connectivity index (χ1) is 12.2. The van der Waals surface area contributed by atoms with Gasteiger partial charge in [0.25, 0.3) is 0 Å². The lowest BCUT2D eigenvalue weighted by atomic mass is 10.2. The summed E-state index contributed by atoms with van der Waals surface area (Å²) in [5.74, 6) is 0.827. The lowest BCUT2D eigenvalue weighted by Crippen LogP contribution is -2.44. The molecule has 0 saturated carbocycles. The second-order valence-corrected chi connectivity index (χ2v) is 7.16. The number of benzene rings is 1. The molecule has 5 nitrogen and oxygen atoms in total. The number of hydrogen-bond acceptors (Lipinski definition) is 3. The Hall–Kier alpha value is -2.08. The molecular weight excluding hydrogens is 378 g/mol. The molecule has 1 aromatic heterocycles. The highest BCUT2D eigenvalue weighted by molar-refractivity contribution is 9.10. The zero-order valence-electron chi connectivity index (χ0n) is 14.7. The highest BCUT2D eigenvalue weighted by atomic mass is 79.9. The van der Waals surface area contributed by atoms with Crippen LogP contribution in [0.15, 0.2) is 52.1 Å². The Kier molecular flexibility index (Phi) is 5.91. The molecule has 0 spiro atoms. The summed E-state index contributed by atoms with van der Waals surface area (Å²) in [6, 6.07) is 12.9. The van der Waals surface area contributed by atoms with Crippen LogP contribution < -0.4 is 15.5 Å². The van der Waals surface area contributed by atoms with Gasteiger partial charge in [-0.2, -0.15) is 0 Å². The number of hydrogen-bond donors (Lipinski definition) is 2. The van der Waals surface area contributed by atoms with E-state index < -0.39 is 0 Å².